The molecule has 4 aromatic rings. The lowest BCUT2D eigenvalue weighted by molar-refractivity contribution is 0.0697. The van der Waals surface area contributed by atoms with Gasteiger partial charge in [-0.3, -0.25) is 4.79 Å². The van der Waals surface area contributed by atoms with E-state index in [1.807, 2.05) is 30.3 Å². The summed E-state index contributed by atoms with van der Waals surface area (Å²) < 4.78 is 0. The molecular formula is C20H16N4O3. The molecule has 3 N–H and O–H groups in total. The van der Waals surface area contributed by atoms with Gasteiger partial charge >= 0.3 is 5.97 Å². The molecule has 4 rings (SSSR count). The third-order valence-electron chi connectivity index (χ3n) is 4.41. The number of benzene rings is 2. The van der Waals surface area contributed by atoms with Gasteiger partial charge < -0.3 is 10.1 Å². The molecular weight excluding hydrogens is 344 g/mol. The minimum atomic E-state index is -0.955. The average Bonchev–Trinajstić information content (AvgIpc) is 3.07. The maximum absolute atomic E-state index is 11.8. The van der Waals surface area contributed by atoms with E-state index < -0.39 is 5.97 Å². The molecule has 2 aromatic heterocycles. The number of carboxylic acids is 1. The molecule has 0 saturated carbocycles. The number of nitrogens with zero attached hydrogens (tertiary/aromatic N) is 2. The molecule has 7 nitrogen and oxygen atoms in total. The normalized spacial score (nSPS) is 11.0. The molecule has 2 aromatic carbocycles. The molecule has 7 heteroatoms. The first-order valence-corrected chi connectivity index (χ1v) is 8.38. The third kappa shape index (κ3) is 3.10. The molecule has 0 aliphatic heterocycles. The second kappa shape index (κ2) is 6.53. The van der Waals surface area contributed by atoms with Crippen LogP contribution in [-0.4, -0.2) is 31.2 Å². The topological polar surface area (TPSA) is 112 Å². The number of imidazole rings is 1. The van der Waals surface area contributed by atoms with Crippen LogP contribution < -0.4 is 5.56 Å². The molecule has 0 aliphatic carbocycles. The fraction of sp³-hybridized carbons (Fsp3) is 0.100. The van der Waals surface area contributed by atoms with E-state index in [0.29, 0.717) is 34.5 Å². The molecule has 0 atom stereocenters. The highest BCUT2D eigenvalue weighted by Gasteiger charge is 2.13. The van der Waals surface area contributed by atoms with Crippen LogP contribution in [0.25, 0.3) is 22.2 Å². The number of carboxylic acid groups (broad SMARTS) is 1. The quantitative estimate of drug-likeness (QED) is 0.518. The van der Waals surface area contributed by atoms with E-state index in [0.717, 1.165) is 11.1 Å². The van der Waals surface area contributed by atoms with Gasteiger partial charge in [0.25, 0.3) is 5.56 Å². The Balaban J connectivity index is 1.68. The number of fused-ring (bicyclic) bond motifs is 1. The van der Waals surface area contributed by atoms with Crippen LogP contribution in [0.5, 0.6) is 0 Å². The summed E-state index contributed by atoms with van der Waals surface area (Å²) in [6.07, 6.45) is 0.498. The Morgan fingerprint density at radius 2 is 1.85 bits per heavy atom. The first-order valence-electron chi connectivity index (χ1n) is 8.38. The van der Waals surface area contributed by atoms with Crippen molar-refractivity contribution >= 4 is 17.0 Å². The summed E-state index contributed by atoms with van der Waals surface area (Å²) in [5, 5.41) is 16.0. The van der Waals surface area contributed by atoms with E-state index >= 15 is 0 Å². The van der Waals surface area contributed by atoms with Gasteiger partial charge in [-0.25, -0.2) is 14.9 Å². The number of aromatic amines is 2. The standard InChI is InChI=1S/C20H16N4O3/c1-11-21-17-16(23-24-19(25)18(17)22-11)10-12-6-8-13(9-7-12)14-4-2-3-5-15(14)20(26)27/h2-9H,10H2,1H3,(H,21,22)(H,24,25)(H,26,27). The highest BCUT2D eigenvalue weighted by Crippen LogP contribution is 2.25. The minimum Gasteiger partial charge on any atom is -0.478 e. The summed E-state index contributed by atoms with van der Waals surface area (Å²) in [5.41, 5.74) is 4.11. The second-order valence-electron chi connectivity index (χ2n) is 6.27. The van der Waals surface area contributed by atoms with Gasteiger partial charge in [-0.2, -0.15) is 5.10 Å². The summed E-state index contributed by atoms with van der Waals surface area (Å²) in [6, 6.07) is 14.5. The van der Waals surface area contributed by atoms with E-state index in [4.69, 9.17) is 0 Å². The van der Waals surface area contributed by atoms with Crippen molar-refractivity contribution in [2.45, 2.75) is 13.3 Å². The Labute approximate surface area is 153 Å². The molecule has 0 spiro atoms. The molecule has 0 fully saturated rings. The van der Waals surface area contributed by atoms with Crippen molar-refractivity contribution in [3.63, 3.8) is 0 Å². The first kappa shape index (κ1) is 16.7. The van der Waals surface area contributed by atoms with Crippen molar-refractivity contribution in [3.8, 4) is 11.1 Å². The molecule has 0 aliphatic rings. The van der Waals surface area contributed by atoms with Crippen molar-refractivity contribution in [1.29, 1.82) is 0 Å². The number of aromatic nitrogens is 4. The van der Waals surface area contributed by atoms with Crippen LogP contribution in [0.2, 0.25) is 0 Å². The van der Waals surface area contributed by atoms with Crippen LogP contribution in [0.4, 0.5) is 0 Å². The molecule has 0 unspecified atom stereocenters. The average molecular weight is 360 g/mol. The van der Waals surface area contributed by atoms with Crippen molar-refractivity contribution in [3.05, 3.63) is 81.5 Å². The van der Waals surface area contributed by atoms with Crippen LogP contribution in [0.15, 0.2) is 53.3 Å². The second-order valence-corrected chi connectivity index (χ2v) is 6.27. The van der Waals surface area contributed by atoms with Crippen molar-refractivity contribution < 1.29 is 9.90 Å². The van der Waals surface area contributed by atoms with E-state index in [1.165, 1.54) is 0 Å². The Hall–Kier alpha value is -3.74. The molecule has 0 saturated heterocycles. The summed E-state index contributed by atoms with van der Waals surface area (Å²) in [7, 11) is 0. The number of hydrogen-bond acceptors (Lipinski definition) is 4. The molecule has 2 heterocycles. The highest BCUT2D eigenvalue weighted by atomic mass is 16.4. The van der Waals surface area contributed by atoms with Crippen LogP contribution in [-0.2, 0) is 6.42 Å². The summed E-state index contributed by atoms with van der Waals surface area (Å²) in [4.78, 5) is 30.6. The van der Waals surface area contributed by atoms with Gasteiger partial charge in [0.05, 0.1) is 11.3 Å². The fourth-order valence-corrected chi connectivity index (χ4v) is 3.13. The fourth-order valence-electron chi connectivity index (χ4n) is 3.13. The third-order valence-corrected chi connectivity index (χ3v) is 4.41. The monoisotopic (exact) mass is 360 g/mol. The lowest BCUT2D eigenvalue weighted by atomic mass is 9.98. The SMILES string of the molecule is Cc1nc2c(Cc3ccc(-c4ccccc4C(=O)O)cc3)n[nH]c(=O)c2[nH]1. The number of hydrogen-bond donors (Lipinski definition) is 3. The van der Waals surface area contributed by atoms with E-state index in [1.54, 1.807) is 25.1 Å². The highest BCUT2D eigenvalue weighted by molar-refractivity contribution is 5.96. The largest absolute Gasteiger partial charge is 0.478 e. The summed E-state index contributed by atoms with van der Waals surface area (Å²) in [5.74, 6) is -0.297. The zero-order valence-corrected chi connectivity index (χ0v) is 14.5. The summed E-state index contributed by atoms with van der Waals surface area (Å²) in [6.45, 7) is 1.79. The van der Waals surface area contributed by atoms with Gasteiger partial charge in [-0.05, 0) is 29.7 Å². The van der Waals surface area contributed by atoms with E-state index in [2.05, 4.69) is 20.2 Å². The number of carbonyl (C=O) groups is 1. The minimum absolute atomic E-state index is 0.265. The Morgan fingerprint density at radius 3 is 2.59 bits per heavy atom. The van der Waals surface area contributed by atoms with Crippen LogP contribution >= 0.6 is 0 Å². The van der Waals surface area contributed by atoms with Crippen LogP contribution in [0, 0.1) is 6.92 Å². The molecule has 0 amide bonds. The zero-order valence-electron chi connectivity index (χ0n) is 14.5. The lowest BCUT2D eigenvalue weighted by Crippen LogP contribution is -2.11. The number of H-pyrrole nitrogens is 2. The smallest absolute Gasteiger partial charge is 0.336 e. The Bertz CT molecular complexity index is 1210. The number of aromatic carboxylic acids is 1. The van der Waals surface area contributed by atoms with Gasteiger partial charge in [0.15, 0.2) is 0 Å². The van der Waals surface area contributed by atoms with Crippen molar-refractivity contribution in [2.24, 2.45) is 0 Å². The number of aryl methyl sites for hydroxylation is 1. The van der Waals surface area contributed by atoms with Gasteiger partial charge in [0.1, 0.15) is 16.9 Å². The van der Waals surface area contributed by atoms with Crippen molar-refractivity contribution in [1.82, 2.24) is 20.2 Å². The van der Waals surface area contributed by atoms with E-state index in [-0.39, 0.29) is 11.1 Å². The zero-order chi connectivity index (χ0) is 19.0. The van der Waals surface area contributed by atoms with Crippen molar-refractivity contribution in [2.75, 3.05) is 0 Å². The van der Waals surface area contributed by atoms with Gasteiger partial charge in [0, 0.05) is 6.42 Å². The Kier molecular flexibility index (Phi) is 4.04. The number of rotatable bonds is 4. The maximum Gasteiger partial charge on any atom is 0.336 e. The van der Waals surface area contributed by atoms with Crippen LogP contribution in [0.1, 0.15) is 27.4 Å². The first-order chi connectivity index (χ1) is 13.0. The maximum atomic E-state index is 11.8. The van der Waals surface area contributed by atoms with Gasteiger partial charge in [-0.1, -0.05) is 42.5 Å². The van der Waals surface area contributed by atoms with Gasteiger partial charge in [0.2, 0.25) is 0 Å². The Morgan fingerprint density at radius 1 is 1.11 bits per heavy atom. The predicted molar refractivity (Wildman–Crippen MR) is 101 cm³/mol. The van der Waals surface area contributed by atoms with Gasteiger partial charge in [-0.15, -0.1) is 0 Å². The molecule has 0 radical (unpaired) electrons. The van der Waals surface area contributed by atoms with E-state index in [9.17, 15) is 14.7 Å². The predicted octanol–water partition coefficient (Wildman–Crippen LogP) is 2.91. The van der Waals surface area contributed by atoms with Crippen LogP contribution in [0.3, 0.4) is 0 Å². The summed E-state index contributed by atoms with van der Waals surface area (Å²) >= 11 is 0. The lowest BCUT2D eigenvalue weighted by Gasteiger charge is -2.07. The molecule has 27 heavy (non-hydrogen) atoms. The number of nitrogens with one attached hydrogen (secondary N) is 2. The molecule has 0 bridgehead atoms. The molecule has 134 valence electrons.